The van der Waals surface area contributed by atoms with Crippen LogP contribution in [0.1, 0.15) is 22.3 Å². The molecular weight excluding hydrogens is 711 g/mol. The summed E-state index contributed by atoms with van der Waals surface area (Å²) in [4.78, 5) is 14.7. The molecule has 1 spiro atoms. The number of pyridine rings is 3. The molecule has 58 heavy (non-hydrogen) atoms. The quantitative estimate of drug-likeness (QED) is 0.181. The highest BCUT2D eigenvalue weighted by molar-refractivity contribution is 6.11. The lowest BCUT2D eigenvalue weighted by Gasteiger charge is -2.39. The average Bonchev–Trinajstić information content (AvgIpc) is 3.91. The van der Waals surface area contributed by atoms with Crippen molar-refractivity contribution in [2.75, 3.05) is 0 Å². The van der Waals surface area contributed by atoms with Crippen molar-refractivity contribution in [3.63, 3.8) is 0 Å². The zero-order valence-corrected chi connectivity index (χ0v) is 31.0. The van der Waals surface area contributed by atoms with E-state index >= 15 is 0 Å². The number of nitrogens with zero attached hydrogens (tertiary/aromatic N) is 5. The molecule has 270 valence electrons. The Kier molecular flexibility index (Phi) is 6.28. The van der Waals surface area contributed by atoms with Gasteiger partial charge < -0.3 is 13.9 Å². The smallest absolute Gasteiger partial charge is 0.132 e. The minimum absolute atomic E-state index is 0.637. The summed E-state index contributed by atoms with van der Waals surface area (Å²) in [6.07, 6.45) is 7.66. The Morgan fingerprint density at radius 3 is 1.55 bits per heavy atom. The number of fused-ring (bicyclic) bond motifs is 15. The second kappa shape index (κ2) is 11.6. The third kappa shape index (κ3) is 4.08. The van der Waals surface area contributed by atoms with Crippen LogP contribution in [0.25, 0.3) is 77.5 Å². The van der Waals surface area contributed by atoms with E-state index in [4.69, 9.17) is 19.7 Å². The first-order valence-corrected chi connectivity index (χ1v) is 19.6. The molecular formula is C52H31N5O. The number of benzene rings is 6. The minimum Gasteiger partial charge on any atom is -0.457 e. The SMILES string of the molecule is c1ccc2c(c1)Oc1ccc(-c3ccc4c(c3)c3ccccc3n4-c3cncc(-n4c5ccccc5c5ccccc54)c3)cc1C21c2cccnc2-c2ncccc21. The molecule has 0 N–H and O–H groups in total. The first-order chi connectivity index (χ1) is 28.8. The maximum atomic E-state index is 6.70. The molecule has 1 aliphatic heterocycles. The van der Waals surface area contributed by atoms with Gasteiger partial charge in [-0.2, -0.15) is 0 Å². The van der Waals surface area contributed by atoms with Gasteiger partial charge in [0.1, 0.15) is 11.5 Å². The van der Waals surface area contributed by atoms with Gasteiger partial charge in [-0.05, 0) is 89.0 Å². The summed E-state index contributed by atoms with van der Waals surface area (Å²) in [6.45, 7) is 0. The highest BCUT2D eigenvalue weighted by Crippen LogP contribution is 2.61. The predicted molar refractivity (Wildman–Crippen MR) is 231 cm³/mol. The molecule has 1 aliphatic carbocycles. The lowest BCUT2D eigenvalue weighted by molar-refractivity contribution is 0.436. The van der Waals surface area contributed by atoms with Gasteiger partial charge in [0.2, 0.25) is 0 Å². The van der Waals surface area contributed by atoms with Gasteiger partial charge in [0.05, 0.1) is 62.6 Å². The van der Waals surface area contributed by atoms with Crippen LogP contribution in [0.5, 0.6) is 11.5 Å². The summed E-state index contributed by atoms with van der Waals surface area (Å²) in [5.41, 5.74) is 14.4. The lowest BCUT2D eigenvalue weighted by Crippen LogP contribution is -2.32. The topological polar surface area (TPSA) is 57.8 Å². The molecule has 0 atom stereocenters. The molecule has 2 aliphatic rings. The Morgan fingerprint density at radius 1 is 0.397 bits per heavy atom. The normalized spacial score (nSPS) is 13.4. The molecule has 0 fully saturated rings. The maximum Gasteiger partial charge on any atom is 0.132 e. The number of hydrogen-bond acceptors (Lipinski definition) is 4. The van der Waals surface area contributed by atoms with Gasteiger partial charge in [0.15, 0.2) is 0 Å². The van der Waals surface area contributed by atoms with E-state index in [1.165, 1.54) is 21.5 Å². The van der Waals surface area contributed by atoms with Crippen LogP contribution in [-0.4, -0.2) is 24.1 Å². The number of aromatic nitrogens is 5. The maximum absolute atomic E-state index is 6.70. The van der Waals surface area contributed by atoms with Crippen LogP contribution in [0, 0.1) is 0 Å². The Hall–Kier alpha value is -7.83. The zero-order chi connectivity index (χ0) is 38.0. The van der Waals surface area contributed by atoms with E-state index < -0.39 is 5.41 Å². The van der Waals surface area contributed by atoms with Gasteiger partial charge in [-0.25, -0.2) is 0 Å². The van der Waals surface area contributed by atoms with Crippen molar-refractivity contribution >= 4 is 43.6 Å². The molecule has 6 aromatic carbocycles. The van der Waals surface area contributed by atoms with Crippen molar-refractivity contribution in [1.29, 1.82) is 0 Å². The van der Waals surface area contributed by atoms with Gasteiger partial charge in [-0.1, -0.05) is 97.1 Å². The Balaban J connectivity index is 1.00. The zero-order valence-electron chi connectivity index (χ0n) is 31.0. The molecule has 6 heteroatoms. The second-order valence-corrected chi connectivity index (χ2v) is 15.2. The van der Waals surface area contributed by atoms with Crippen LogP contribution in [0.15, 0.2) is 189 Å². The molecule has 13 rings (SSSR count). The number of rotatable bonds is 3. The molecule has 0 bridgehead atoms. The van der Waals surface area contributed by atoms with Crippen LogP contribution in [0.4, 0.5) is 0 Å². The van der Waals surface area contributed by atoms with E-state index in [2.05, 4.69) is 155 Å². The van der Waals surface area contributed by atoms with Crippen LogP contribution in [0.2, 0.25) is 0 Å². The van der Waals surface area contributed by atoms with Crippen LogP contribution in [0.3, 0.4) is 0 Å². The van der Waals surface area contributed by atoms with Crippen LogP contribution >= 0.6 is 0 Å². The third-order valence-corrected chi connectivity index (χ3v) is 12.4. The Bertz CT molecular complexity index is 3420. The summed E-state index contributed by atoms with van der Waals surface area (Å²) in [5.74, 6) is 1.68. The van der Waals surface area contributed by atoms with Gasteiger partial charge in [-0.15, -0.1) is 0 Å². The molecule has 6 nitrogen and oxygen atoms in total. The fraction of sp³-hybridized carbons (Fsp3) is 0.0192. The predicted octanol–water partition coefficient (Wildman–Crippen LogP) is 12.2. The Morgan fingerprint density at radius 2 is 0.897 bits per heavy atom. The summed E-state index contributed by atoms with van der Waals surface area (Å²) in [6, 6.07) is 58.5. The number of ether oxygens (including phenoxy) is 1. The van der Waals surface area contributed by atoms with Gasteiger partial charge >= 0.3 is 0 Å². The highest BCUT2D eigenvalue weighted by Gasteiger charge is 2.52. The first kappa shape index (κ1) is 31.4. The fourth-order valence-electron chi connectivity index (χ4n) is 10.0. The summed E-state index contributed by atoms with van der Waals surface area (Å²) < 4.78 is 11.4. The molecule has 6 heterocycles. The lowest BCUT2D eigenvalue weighted by atomic mass is 9.66. The third-order valence-electron chi connectivity index (χ3n) is 12.4. The van der Waals surface area contributed by atoms with E-state index in [-0.39, 0.29) is 0 Å². The van der Waals surface area contributed by atoms with E-state index in [9.17, 15) is 0 Å². The average molecular weight is 742 g/mol. The first-order valence-electron chi connectivity index (χ1n) is 19.6. The van der Waals surface area contributed by atoms with E-state index in [0.29, 0.717) is 0 Å². The molecule has 5 aromatic heterocycles. The van der Waals surface area contributed by atoms with Crippen molar-refractivity contribution in [2.45, 2.75) is 5.41 Å². The van der Waals surface area contributed by atoms with Crippen molar-refractivity contribution in [1.82, 2.24) is 24.1 Å². The van der Waals surface area contributed by atoms with E-state index in [1.807, 2.05) is 43.0 Å². The van der Waals surface area contributed by atoms with Gasteiger partial charge in [0, 0.05) is 45.1 Å². The van der Waals surface area contributed by atoms with Gasteiger partial charge in [0.25, 0.3) is 0 Å². The number of hydrogen-bond donors (Lipinski definition) is 0. The van der Waals surface area contributed by atoms with Crippen LogP contribution < -0.4 is 4.74 Å². The summed E-state index contributed by atoms with van der Waals surface area (Å²) in [7, 11) is 0. The van der Waals surface area contributed by atoms with E-state index in [0.717, 1.165) is 89.7 Å². The van der Waals surface area contributed by atoms with Crippen LogP contribution in [-0.2, 0) is 5.41 Å². The van der Waals surface area contributed by atoms with Gasteiger partial charge in [-0.3, -0.25) is 15.0 Å². The molecule has 0 unspecified atom stereocenters. The molecule has 0 saturated heterocycles. The Labute approximate surface area is 332 Å². The number of para-hydroxylation sites is 4. The monoisotopic (exact) mass is 741 g/mol. The fourth-order valence-corrected chi connectivity index (χ4v) is 10.0. The standard InChI is InChI=1S/C52H31N5O/c1-5-17-44-36(11-1)37-12-2-6-18-45(37)56(44)34-29-35(31-53-30-34)57-46-19-7-3-13-38(46)39-27-32(21-23-47(39)57)33-22-24-49-43(28-33)52(40-14-4-8-20-48(40)58-49)41-15-9-25-54-50(41)51-42(52)16-10-26-55-51/h1-31H. The minimum atomic E-state index is -0.637. The van der Waals surface area contributed by atoms with E-state index in [1.54, 1.807) is 0 Å². The molecule has 0 amide bonds. The van der Waals surface area contributed by atoms with Crippen molar-refractivity contribution in [3.8, 4) is 45.4 Å². The summed E-state index contributed by atoms with van der Waals surface area (Å²) >= 11 is 0. The summed E-state index contributed by atoms with van der Waals surface area (Å²) in [5, 5.41) is 4.82. The molecule has 11 aromatic rings. The molecule has 0 radical (unpaired) electrons. The highest BCUT2D eigenvalue weighted by atomic mass is 16.5. The van der Waals surface area contributed by atoms with Crippen molar-refractivity contribution in [2.24, 2.45) is 0 Å². The second-order valence-electron chi connectivity index (χ2n) is 15.2. The largest absolute Gasteiger partial charge is 0.457 e. The molecule has 0 saturated carbocycles. The van der Waals surface area contributed by atoms with Crippen molar-refractivity contribution in [3.05, 3.63) is 211 Å². The van der Waals surface area contributed by atoms with Crippen molar-refractivity contribution < 1.29 is 4.74 Å².